The molecule has 0 aromatic heterocycles. The van der Waals surface area contributed by atoms with Gasteiger partial charge in [0, 0.05) is 6.42 Å². The number of carbonyl (C=O) groups is 2. The van der Waals surface area contributed by atoms with Gasteiger partial charge in [0.2, 0.25) is 5.91 Å². The Morgan fingerprint density at radius 3 is 2.43 bits per heavy atom. The van der Waals surface area contributed by atoms with Crippen LogP contribution in [-0.4, -0.2) is 24.5 Å². The van der Waals surface area contributed by atoms with Crippen LogP contribution >= 0.6 is 0 Å². The molecule has 0 saturated heterocycles. The van der Waals surface area contributed by atoms with E-state index >= 15 is 0 Å². The maximum Gasteiger partial charge on any atom is 0.331 e. The van der Waals surface area contributed by atoms with Crippen LogP contribution in [0.3, 0.4) is 0 Å². The van der Waals surface area contributed by atoms with Gasteiger partial charge in [-0.1, -0.05) is 25.5 Å². The average Bonchev–Trinajstić information content (AvgIpc) is 2.46. The molecule has 5 heteroatoms. The van der Waals surface area contributed by atoms with E-state index < -0.39 is 11.5 Å². The molecule has 0 saturated carbocycles. The lowest BCUT2D eigenvalue weighted by molar-refractivity contribution is -0.150. The molecule has 1 rings (SSSR count). The Balaban J connectivity index is 2.58. The number of aryl methyl sites for hydroxylation is 1. The fourth-order valence-electron chi connectivity index (χ4n) is 2.22. The minimum atomic E-state index is -0.997. The van der Waals surface area contributed by atoms with Gasteiger partial charge >= 0.3 is 5.97 Å². The van der Waals surface area contributed by atoms with Gasteiger partial charge in [0.15, 0.2) is 0 Å². The van der Waals surface area contributed by atoms with Gasteiger partial charge in [-0.25, -0.2) is 9.18 Å². The summed E-state index contributed by atoms with van der Waals surface area (Å²) >= 11 is 0. The second-order valence-corrected chi connectivity index (χ2v) is 5.25. The van der Waals surface area contributed by atoms with Crippen LogP contribution in [0.1, 0.15) is 38.7 Å². The number of esters is 1. The largest absolute Gasteiger partial charge is 0.467 e. The minimum absolute atomic E-state index is 0.222. The van der Waals surface area contributed by atoms with Gasteiger partial charge < -0.3 is 10.1 Å². The van der Waals surface area contributed by atoms with E-state index in [9.17, 15) is 14.0 Å². The Kier molecular flexibility index (Phi) is 6.34. The Hall–Kier alpha value is -1.91. The average molecular weight is 295 g/mol. The minimum Gasteiger partial charge on any atom is -0.467 e. The summed E-state index contributed by atoms with van der Waals surface area (Å²) in [6.45, 7) is 3.60. The van der Waals surface area contributed by atoms with Crippen LogP contribution in [0.2, 0.25) is 0 Å². The second kappa shape index (κ2) is 7.76. The van der Waals surface area contributed by atoms with Crippen LogP contribution in [-0.2, 0) is 20.7 Å². The quantitative estimate of drug-likeness (QED) is 0.787. The number of hydrogen-bond donors (Lipinski definition) is 1. The molecule has 0 bridgehead atoms. The smallest absolute Gasteiger partial charge is 0.331 e. The van der Waals surface area contributed by atoms with Crippen LogP contribution in [0.5, 0.6) is 0 Å². The van der Waals surface area contributed by atoms with E-state index in [1.165, 1.54) is 19.2 Å². The SMILES string of the molecule is CCCC(C)(NC(=O)CCc1ccc(F)cc1)C(=O)OC. The summed E-state index contributed by atoms with van der Waals surface area (Å²) in [6.07, 6.45) is 2.00. The van der Waals surface area contributed by atoms with Gasteiger partial charge in [0.25, 0.3) is 0 Å². The number of halogens is 1. The topological polar surface area (TPSA) is 55.4 Å². The molecule has 1 amide bonds. The highest BCUT2D eigenvalue weighted by molar-refractivity contribution is 5.87. The van der Waals surface area contributed by atoms with E-state index in [1.54, 1.807) is 19.1 Å². The third-order valence-corrected chi connectivity index (χ3v) is 3.36. The number of rotatable bonds is 7. The highest BCUT2D eigenvalue weighted by atomic mass is 19.1. The molecule has 0 spiro atoms. The maximum atomic E-state index is 12.8. The van der Waals surface area contributed by atoms with Gasteiger partial charge in [-0.05, 0) is 37.5 Å². The molecule has 1 aromatic carbocycles. The fraction of sp³-hybridized carbons (Fsp3) is 0.500. The number of benzene rings is 1. The van der Waals surface area contributed by atoms with Crippen molar-refractivity contribution in [3.63, 3.8) is 0 Å². The highest BCUT2D eigenvalue weighted by Gasteiger charge is 2.34. The third kappa shape index (κ3) is 5.17. The molecule has 116 valence electrons. The summed E-state index contributed by atoms with van der Waals surface area (Å²) in [5.41, 5.74) is -0.120. The first-order valence-electron chi connectivity index (χ1n) is 7.05. The van der Waals surface area contributed by atoms with Crippen molar-refractivity contribution in [2.75, 3.05) is 7.11 Å². The molecule has 0 aliphatic carbocycles. The van der Waals surface area contributed by atoms with E-state index in [2.05, 4.69) is 5.32 Å². The first-order valence-corrected chi connectivity index (χ1v) is 7.05. The number of hydrogen-bond acceptors (Lipinski definition) is 3. The standard InChI is InChI=1S/C16H22FNO3/c1-4-11-16(2,15(20)21-3)18-14(19)10-7-12-5-8-13(17)9-6-12/h5-6,8-9H,4,7,10-11H2,1-3H3,(H,18,19). The Labute approximate surface area is 124 Å². The predicted octanol–water partition coefficient (Wildman–Crippen LogP) is 2.61. The van der Waals surface area contributed by atoms with E-state index in [0.717, 1.165) is 12.0 Å². The van der Waals surface area contributed by atoms with Gasteiger partial charge in [-0.3, -0.25) is 4.79 Å². The molecule has 0 fully saturated rings. The summed E-state index contributed by atoms with van der Waals surface area (Å²) in [7, 11) is 1.31. The number of methoxy groups -OCH3 is 1. The summed E-state index contributed by atoms with van der Waals surface area (Å²) in [5.74, 6) is -0.968. The van der Waals surface area contributed by atoms with Crippen LogP contribution in [0.4, 0.5) is 4.39 Å². The molecule has 0 aliphatic rings. The molecule has 0 aliphatic heterocycles. The van der Waals surface area contributed by atoms with Crippen molar-refractivity contribution in [2.45, 2.75) is 45.1 Å². The number of ether oxygens (including phenoxy) is 1. The Bertz CT molecular complexity index is 487. The summed E-state index contributed by atoms with van der Waals surface area (Å²) < 4.78 is 17.5. The van der Waals surface area contributed by atoms with Crippen molar-refractivity contribution < 1.29 is 18.7 Å². The maximum absolute atomic E-state index is 12.8. The molecule has 0 heterocycles. The highest BCUT2D eigenvalue weighted by Crippen LogP contribution is 2.15. The number of nitrogens with one attached hydrogen (secondary N) is 1. The van der Waals surface area contributed by atoms with Gasteiger partial charge in [0.1, 0.15) is 11.4 Å². The van der Waals surface area contributed by atoms with Crippen molar-refractivity contribution in [1.29, 1.82) is 0 Å². The zero-order valence-corrected chi connectivity index (χ0v) is 12.7. The Morgan fingerprint density at radius 2 is 1.90 bits per heavy atom. The van der Waals surface area contributed by atoms with Crippen molar-refractivity contribution in [3.05, 3.63) is 35.6 Å². The summed E-state index contributed by atoms with van der Waals surface area (Å²) in [4.78, 5) is 23.8. The van der Waals surface area contributed by atoms with Crippen LogP contribution in [0, 0.1) is 5.82 Å². The van der Waals surface area contributed by atoms with Crippen LogP contribution in [0.25, 0.3) is 0 Å². The molecular formula is C16H22FNO3. The first kappa shape index (κ1) is 17.1. The molecule has 1 aromatic rings. The van der Waals surface area contributed by atoms with Crippen LogP contribution < -0.4 is 5.32 Å². The van der Waals surface area contributed by atoms with Crippen molar-refractivity contribution in [1.82, 2.24) is 5.32 Å². The van der Waals surface area contributed by atoms with Gasteiger partial charge in [0.05, 0.1) is 7.11 Å². The van der Waals surface area contributed by atoms with Gasteiger partial charge in [-0.2, -0.15) is 0 Å². The van der Waals surface area contributed by atoms with Crippen molar-refractivity contribution >= 4 is 11.9 Å². The van der Waals surface area contributed by atoms with E-state index in [0.29, 0.717) is 12.8 Å². The fourth-order valence-corrected chi connectivity index (χ4v) is 2.22. The first-order chi connectivity index (χ1) is 9.91. The van der Waals surface area contributed by atoms with E-state index in [-0.39, 0.29) is 18.1 Å². The third-order valence-electron chi connectivity index (χ3n) is 3.36. The lowest BCUT2D eigenvalue weighted by Gasteiger charge is -2.27. The monoisotopic (exact) mass is 295 g/mol. The lowest BCUT2D eigenvalue weighted by atomic mass is 9.95. The molecular weight excluding hydrogens is 273 g/mol. The van der Waals surface area contributed by atoms with Gasteiger partial charge in [-0.15, -0.1) is 0 Å². The number of amides is 1. The molecule has 4 nitrogen and oxygen atoms in total. The number of carbonyl (C=O) groups excluding carboxylic acids is 2. The van der Waals surface area contributed by atoms with Crippen molar-refractivity contribution in [2.24, 2.45) is 0 Å². The lowest BCUT2D eigenvalue weighted by Crippen LogP contribution is -2.52. The molecule has 21 heavy (non-hydrogen) atoms. The molecule has 1 unspecified atom stereocenters. The zero-order chi connectivity index (χ0) is 15.9. The van der Waals surface area contributed by atoms with E-state index in [4.69, 9.17) is 4.74 Å². The molecule has 1 atom stereocenters. The van der Waals surface area contributed by atoms with E-state index in [1.807, 2.05) is 6.92 Å². The Morgan fingerprint density at radius 1 is 1.29 bits per heavy atom. The second-order valence-electron chi connectivity index (χ2n) is 5.25. The summed E-state index contributed by atoms with van der Waals surface area (Å²) in [6, 6.07) is 6.02. The zero-order valence-electron chi connectivity index (χ0n) is 12.7. The molecule has 0 radical (unpaired) electrons. The van der Waals surface area contributed by atoms with Crippen LogP contribution in [0.15, 0.2) is 24.3 Å². The molecule has 1 N–H and O–H groups in total. The predicted molar refractivity (Wildman–Crippen MR) is 78.2 cm³/mol. The normalized spacial score (nSPS) is 13.3. The summed E-state index contributed by atoms with van der Waals surface area (Å²) in [5, 5.41) is 2.74. The van der Waals surface area contributed by atoms with Crippen molar-refractivity contribution in [3.8, 4) is 0 Å².